The molecule has 1 fully saturated rings. The first-order chi connectivity index (χ1) is 7.60. The molecule has 0 radical (unpaired) electrons. The van der Waals surface area contributed by atoms with Crippen molar-refractivity contribution in [2.45, 2.75) is 19.6 Å². The topological polar surface area (TPSA) is 62.9 Å². The molecule has 2 rings (SSSR count). The van der Waals surface area contributed by atoms with Crippen LogP contribution in [0.4, 0.5) is 0 Å². The zero-order valence-electron chi connectivity index (χ0n) is 9.40. The lowest BCUT2D eigenvalue weighted by Crippen LogP contribution is -2.49. The fourth-order valence-electron chi connectivity index (χ4n) is 1.81. The Bertz CT molecular complexity index is 393. The van der Waals surface area contributed by atoms with Gasteiger partial charge in [0.05, 0.1) is 19.8 Å². The van der Waals surface area contributed by atoms with E-state index in [1.807, 2.05) is 17.9 Å². The largest absolute Gasteiger partial charge is 0.463 e. The van der Waals surface area contributed by atoms with Gasteiger partial charge in [-0.05, 0) is 13.0 Å². The molecule has 16 heavy (non-hydrogen) atoms. The van der Waals surface area contributed by atoms with E-state index in [0.29, 0.717) is 19.6 Å². The van der Waals surface area contributed by atoms with Crippen molar-refractivity contribution in [2.24, 2.45) is 0 Å². The van der Waals surface area contributed by atoms with Crippen molar-refractivity contribution in [1.29, 1.82) is 0 Å². The highest BCUT2D eigenvalue weighted by Crippen LogP contribution is 2.19. The third kappa shape index (κ3) is 2.10. The van der Waals surface area contributed by atoms with Gasteiger partial charge in [-0.25, -0.2) is 4.79 Å². The monoisotopic (exact) mass is 225 g/mol. The van der Waals surface area contributed by atoms with Gasteiger partial charge in [0.2, 0.25) is 5.76 Å². The molecule has 1 aromatic rings. The molecule has 0 aliphatic carbocycles. The van der Waals surface area contributed by atoms with Crippen LogP contribution in [0.15, 0.2) is 10.5 Å². The average molecular weight is 225 g/mol. The highest BCUT2D eigenvalue weighted by molar-refractivity contribution is 5.87. The maximum absolute atomic E-state index is 11.3. The number of aliphatic hydroxyl groups is 1. The number of likely N-dealkylation sites (tertiary alicyclic amines) is 1. The van der Waals surface area contributed by atoms with Crippen LogP contribution in [0.2, 0.25) is 0 Å². The summed E-state index contributed by atoms with van der Waals surface area (Å²) in [6.45, 7) is 3.75. The lowest BCUT2D eigenvalue weighted by Gasteiger charge is -2.34. The Morgan fingerprint density at radius 2 is 2.38 bits per heavy atom. The van der Waals surface area contributed by atoms with Crippen molar-refractivity contribution >= 4 is 5.97 Å². The minimum Gasteiger partial charge on any atom is -0.463 e. The summed E-state index contributed by atoms with van der Waals surface area (Å²) in [5.74, 6) is 0.538. The van der Waals surface area contributed by atoms with E-state index >= 15 is 0 Å². The quantitative estimate of drug-likeness (QED) is 0.761. The molecule has 0 spiro atoms. The van der Waals surface area contributed by atoms with E-state index in [0.717, 1.165) is 11.3 Å². The third-order valence-corrected chi connectivity index (χ3v) is 2.66. The summed E-state index contributed by atoms with van der Waals surface area (Å²) in [7, 11) is 1.33. The lowest BCUT2D eigenvalue weighted by molar-refractivity contribution is -0.00659. The first kappa shape index (κ1) is 11.2. The van der Waals surface area contributed by atoms with Gasteiger partial charge < -0.3 is 14.3 Å². The van der Waals surface area contributed by atoms with Gasteiger partial charge in [-0.3, -0.25) is 4.90 Å². The van der Waals surface area contributed by atoms with E-state index in [2.05, 4.69) is 4.74 Å². The van der Waals surface area contributed by atoms with Gasteiger partial charge in [-0.2, -0.15) is 0 Å². The smallest absolute Gasteiger partial charge is 0.374 e. The molecule has 1 aliphatic heterocycles. The van der Waals surface area contributed by atoms with Crippen LogP contribution < -0.4 is 0 Å². The van der Waals surface area contributed by atoms with Crippen molar-refractivity contribution in [3.63, 3.8) is 0 Å². The zero-order chi connectivity index (χ0) is 11.7. The predicted octanol–water partition coefficient (Wildman–Crippen LogP) is 0.551. The van der Waals surface area contributed by atoms with Crippen LogP contribution in [0.1, 0.15) is 21.9 Å². The first-order valence-electron chi connectivity index (χ1n) is 5.18. The summed E-state index contributed by atoms with van der Waals surface area (Å²) in [4.78, 5) is 13.3. The number of aryl methyl sites for hydroxylation is 1. The van der Waals surface area contributed by atoms with E-state index in [1.165, 1.54) is 7.11 Å². The number of nitrogens with zero attached hydrogens (tertiary/aromatic N) is 1. The van der Waals surface area contributed by atoms with E-state index in [1.54, 1.807) is 0 Å². The third-order valence-electron chi connectivity index (χ3n) is 2.66. The van der Waals surface area contributed by atoms with E-state index in [9.17, 15) is 4.79 Å². The van der Waals surface area contributed by atoms with Gasteiger partial charge in [0.1, 0.15) is 5.76 Å². The molecule has 1 aliphatic rings. The SMILES string of the molecule is COC(=O)c1oc(CN2CC(O)C2)cc1C. The van der Waals surface area contributed by atoms with Crippen molar-refractivity contribution in [2.75, 3.05) is 20.2 Å². The molecule has 2 heterocycles. The Labute approximate surface area is 93.6 Å². The van der Waals surface area contributed by atoms with Gasteiger partial charge in [0, 0.05) is 18.7 Å². The average Bonchev–Trinajstić information content (AvgIpc) is 2.56. The molecule has 0 aromatic carbocycles. The highest BCUT2D eigenvalue weighted by atomic mass is 16.5. The fraction of sp³-hybridized carbons (Fsp3) is 0.545. The lowest BCUT2D eigenvalue weighted by atomic mass is 10.1. The number of β-amino-alcohol motifs (C(OH)–C–C–N with tert-alkyl or cyclic N) is 1. The van der Waals surface area contributed by atoms with Crippen LogP contribution in [0.5, 0.6) is 0 Å². The second-order valence-electron chi connectivity index (χ2n) is 4.06. The van der Waals surface area contributed by atoms with Gasteiger partial charge in [0.25, 0.3) is 0 Å². The molecule has 1 N–H and O–H groups in total. The zero-order valence-corrected chi connectivity index (χ0v) is 9.40. The second kappa shape index (κ2) is 4.27. The summed E-state index contributed by atoms with van der Waals surface area (Å²) in [5.41, 5.74) is 0.780. The first-order valence-corrected chi connectivity index (χ1v) is 5.18. The molecule has 0 atom stereocenters. The Morgan fingerprint density at radius 3 is 2.94 bits per heavy atom. The summed E-state index contributed by atoms with van der Waals surface area (Å²) >= 11 is 0. The van der Waals surface area contributed by atoms with Crippen molar-refractivity contribution in [3.05, 3.63) is 23.2 Å². The molecule has 1 aromatic heterocycles. The van der Waals surface area contributed by atoms with Crippen LogP contribution in [-0.2, 0) is 11.3 Å². The summed E-state index contributed by atoms with van der Waals surface area (Å²) < 4.78 is 10.0. The minimum atomic E-state index is -0.451. The maximum atomic E-state index is 11.3. The van der Waals surface area contributed by atoms with E-state index in [-0.39, 0.29) is 11.9 Å². The predicted molar refractivity (Wildman–Crippen MR) is 56.1 cm³/mol. The van der Waals surface area contributed by atoms with Crippen LogP contribution in [0.25, 0.3) is 0 Å². The number of methoxy groups -OCH3 is 1. The molecule has 88 valence electrons. The van der Waals surface area contributed by atoms with Gasteiger partial charge in [-0.1, -0.05) is 0 Å². The standard InChI is InChI=1S/C11H15NO4/c1-7-3-9(6-12-4-8(13)5-12)16-10(7)11(14)15-2/h3,8,13H,4-6H2,1-2H3. The number of carbonyl (C=O) groups excluding carboxylic acids is 1. The number of aliphatic hydroxyl groups excluding tert-OH is 1. The summed E-state index contributed by atoms with van der Waals surface area (Å²) in [6.07, 6.45) is -0.226. The highest BCUT2D eigenvalue weighted by Gasteiger charge is 2.26. The van der Waals surface area contributed by atoms with E-state index in [4.69, 9.17) is 9.52 Å². The summed E-state index contributed by atoms with van der Waals surface area (Å²) in [6, 6.07) is 1.83. The van der Waals surface area contributed by atoms with Crippen LogP contribution in [-0.4, -0.2) is 42.3 Å². The fourth-order valence-corrected chi connectivity index (χ4v) is 1.81. The van der Waals surface area contributed by atoms with Gasteiger partial charge in [-0.15, -0.1) is 0 Å². The number of hydrogen-bond acceptors (Lipinski definition) is 5. The van der Waals surface area contributed by atoms with Crippen LogP contribution >= 0.6 is 0 Å². The number of carbonyl (C=O) groups is 1. The molecule has 0 amide bonds. The Hall–Kier alpha value is -1.33. The summed E-state index contributed by atoms with van der Waals surface area (Å²) in [5, 5.41) is 9.14. The number of esters is 1. The Balaban J connectivity index is 2.03. The molecule has 5 heteroatoms. The molecule has 0 bridgehead atoms. The molecule has 1 saturated heterocycles. The van der Waals surface area contributed by atoms with Gasteiger partial charge >= 0.3 is 5.97 Å². The van der Waals surface area contributed by atoms with Crippen molar-refractivity contribution in [1.82, 2.24) is 4.90 Å². The van der Waals surface area contributed by atoms with Gasteiger partial charge in [0.15, 0.2) is 0 Å². The molecular formula is C11H15NO4. The number of hydrogen-bond donors (Lipinski definition) is 1. The number of ether oxygens (including phenoxy) is 1. The Morgan fingerprint density at radius 1 is 1.69 bits per heavy atom. The minimum absolute atomic E-state index is 0.226. The van der Waals surface area contributed by atoms with E-state index < -0.39 is 5.97 Å². The number of furan rings is 1. The van der Waals surface area contributed by atoms with Crippen molar-refractivity contribution < 1.29 is 19.1 Å². The van der Waals surface area contributed by atoms with Crippen LogP contribution in [0.3, 0.4) is 0 Å². The maximum Gasteiger partial charge on any atom is 0.374 e. The molecular weight excluding hydrogens is 210 g/mol. The normalized spacial score (nSPS) is 17.2. The van der Waals surface area contributed by atoms with Crippen LogP contribution in [0, 0.1) is 6.92 Å². The Kier molecular flexibility index (Phi) is 2.98. The van der Waals surface area contributed by atoms with Crippen molar-refractivity contribution in [3.8, 4) is 0 Å². The molecule has 5 nitrogen and oxygen atoms in total. The molecule has 0 saturated carbocycles. The second-order valence-corrected chi connectivity index (χ2v) is 4.06. The number of rotatable bonds is 3. The molecule has 0 unspecified atom stereocenters.